The molecule has 0 unspecified atom stereocenters. The summed E-state index contributed by atoms with van der Waals surface area (Å²) in [4.78, 5) is 2.12. The van der Waals surface area contributed by atoms with Gasteiger partial charge in [0.25, 0.3) is 0 Å². The zero-order valence-corrected chi connectivity index (χ0v) is 13.5. The molecule has 1 aliphatic heterocycles. The topological polar surface area (TPSA) is 155 Å². The summed E-state index contributed by atoms with van der Waals surface area (Å²) < 4.78 is 0. The fourth-order valence-corrected chi connectivity index (χ4v) is 2.33. The van der Waals surface area contributed by atoms with Crippen LogP contribution < -0.4 is 44.2 Å². The van der Waals surface area contributed by atoms with E-state index in [9.17, 15) is 0 Å². The first-order chi connectivity index (χ1) is 9.70. The molecule has 0 spiro atoms. The van der Waals surface area contributed by atoms with Gasteiger partial charge in [-0.25, -0.2) is 4.90 Å². The van der Waals surface area contributed by atoms with Crippen LogP contribution >= 0.6 is 0 Å². The highest BCUT2D eigenvalue weighted by Crippen LogP contribution is 2.18. The largest absolute Gasteiger partial charge is 0.301 e. The molecule has 9 heteroatoms. The predicted molar refractivity (Wildman–Crippen MR) is 84.8 cm³/mol. The average Bonchev–Trinajstić information content (AvgIpc) is 2.47. The third-order valence-corrected chi connectivity index (χ3v) is 3.96. The van der Waals surface area contributed by atoms with Crippen molar-refractivity contribution >= 4 is 0 Å². The van der Waals surface area contributed by atoms with Gasteiger partial charge < -0.3 is 22.9 Å². The number of hydrogen-bond donors (Lipinski definition) is 8. The molecule has 1 aliphatic rings. The Bertz CT molecular complexity index is 294. The normalized spacial score (nSPS) is 19.0. The van der Waals surface area contributed by atoms with Crippen LogP contribution in [0, 0.1) is 0 Å². The zero-order valence-electron chi connectivity index (χ0n) is 13.5. The lowest BCUT2D eigenvalue weighted by molar-refractivity contribution is -0.0554. The maximum Gasteiger partial charge on any atom is 0.132 e. The zero-order chi connectivity index (χ0) is 16.1. The molecule has 0 aromatic rings. The van der Waals surface area contributed by atoms with Gasteiger partial charge in [0.2, 0.25) is 0 Å². The summed E-state index contributed by atoms with van der Waals surface area (Å²) in [5.41, 5.74) is 24.5. The summed E-state index contributed by atoms with van der Waals surface area (Å²) >= 11 is 0. The third kappa shape index (κ3) is 5.09. The van der Waals surface area contributed by atoms with E-state index in [1.165, 1.54) is 0 Å². The molecule has 126 valence electrons. The van der Waals surface area contributed by atoms with E-state index in [0.717, 1.165) is 6.67 Å². The van der Waals surface area contributed by atoms with Crippen molar-refractivity contribution in [2.75, 3.05) is 20.0 Å². The van der Waals surface area contributed by atoms with Gasteiger partial charge in [0.05, 0.1) is 13.3 Å². The van der Waals surface area contributed by atoms with Crippen LogP contribution in [0.15, 0.2) is 0 Å². The van der Waals surface area contributed by atoms with Gasteiger partial charge in [-0.3, -0.25) is 21.3 Å². The van der Waals surface area contributed by atoms with E-state index < -0.39 is 17.4 Å². The first kappa shape index (κ1) is 18.7. The molecular formula is C12H33N9. The number of rotatable bonds is 8. The van der Waals surface area contributed by atoms with Gasteiger partial charge in [0, 0.05) is 6.67 Å². The minimum absolute atomic E-state index is 0.569. The lowest BCUT2D eigenvalue weighted by atomic mass is 10.1. The van der Waals surface area contributed by atoms with Crippen LogP contribution in [0.2, 0.25) is 0 Å². The fraction of sp³-hybridized carbons (Fsp3) is 1.00. The van der Waals surface area contributed by atoms with E-state index in [-0.39, 0.29) is 0 Å². The third-order valence-electron chi connectivity index (χ3n) is 3.96. The Morgan fingerprint density at radius 1 is 0.857 bits per heavy atom. The van der Waals surface area contributed by atoms with Crippen molar-refractivity contribution in [1.82, 2.24) is 26.2 Å². The number of nitrogens with zero attached hydrogens (tertiary/aromatic N) is 1. The minimum Gasteiger partial charge on any atom is -0.301 e. The molecule has 21 heavy (non-hydrogen) atoms. The molecule has 0 aliphatic carbocycles. The van der Waals surface area contributed by atoms with Crippen molar-refractivity contribution in [1.29, 1.82) is 0 Å². The van der Waals surface area contributed by atoms with E-state index in [1.54, 1.807) is 0 Å². The number of hydrogen-bond acceptors (Lipinski definition) is 9. The molecule has 0 bridgehead atoms. The SMILES string of the molecule is CCC(N)(N)NC(CC)(NC(N)(N)CC)N1CNCNC1. The van der Waals surface area contributed by atoms with Gasteiger partial charge in [0.15, 0.2) is 0 Å². The second-order valence-corrected chi connectivity index (χ2v) is 5.78. The first-order valence-corrected chi connectivity index (χ1v) is 7.61. The minimum atomic E-state index is -1.02. The molecule has 0 atom stereocenters. The van der Waals surface area contributed by atoms with Crippen molar-refractivity contribution < 1.29 is 0 Å². The van der Waals surface area contributed by atoms with Crippen LogP contribution in [0.1, 0.15) is 40.0 Å². The second kappa shape index (κ2) is 7.27. The Kier molecular flexibility index (Phi) is 6.47. The molecule has 0 saturated carbocycles. The van der Waals surface area contributed by atoms with Gasteiger partial charge in [-0.2, -0.15) is 0 Å². The number of nitrogens with two attached hydrogens (primary N) is 4. The van der Waals surface area contributed by atoms with E-state index >= 15 is 0 Å². The first-order valence-electron chi connectivity index (χ1n) is 7.61. The average molecular weight is 303 g/mol. The van der Waals surface area contributed by atoms with Crippen LogP contribution in [0.4, 0.5) is 0 Å². The molecular weight excluding hydrogens is 270 g/mol. The Hall–Kier alpha value is -0.360. The maximum absolute atomic E-state index is 6.12. The number of nitrogens with one attached hydrogen (secondary N) is 4. The van der Waals surface area contributed by atoms with Crippen LogP contribution in [0.5, 0.6) is 0 Å². The van der Waals surface area contributed by atoms with E-state index in [4.69, 9.17) is 22.9 Å². The van der Waals surface area contributed by atoms with Crippen molar-refractivity contribution in [3.63, 3.8) is 0 Å². The molecule has 1 rings (SSSR count). The summed E-state index contributed by atoms with van der Waals surface area (Å²) in [6.07, 6.45) is 1.82. The highest BCUT2D eigenvalue weighted by Gasteiger charge is 2.43. The highest BCUT2D eigenvalue weighted by atomic mass is 15.6. The molecule has 0 aromatic heterocycles. The van der Waals surface area contributed by atoms with Crippen LogP contribution in [0.3, 0.4) is 0 Å². The van der Waals surface area contributed by atoms with Crippen molar-refractivity contribution in [3.05, 3.63) is 0 Å². The summed E-state index contributed by atoms with van der Waals surface area (Å²) in [5.74, 6) is -2.76. The molecule has 0 aromatic carbocycles. The maximum atomic E-state index is 6.12. The van der Waals surface area contributed by atoms with Gasteiger partial charge in [-0.05, 0) is 19.3 Å². The molecule has 0 radical (unpaired) electrons. The molecule has 1 heterocycles. The van der Waals surface area contributed by atoms with Crippen LogP contribution in [-0.4, -0.2) is 42.3 Å². The fourth-order valence-electron chi connectivity index (χ4n) is 2.33. The van der Waals surface area contributed by atoms with Crippen molar-refractivity contribution in [2.24, 2.45) is 22.9 Å². The Balaban J connectivity index is 3.04. The quantitative estimate of drug-likeness (QED) is 0.228. The Morgan fingerprint density at radius 3 is 1.62 bits per heavy atom. The van der Waals surface area contributed by atoms with Gasteiger partial charge >= 0.3 is 0 Å². The smallest absolute Gasteiger partial charge is 0.132 e. The van der Waals surface area contributed by atoms with Crippen LogP contribution in [0.25, 0.3) is 0 Å². The molecule has 0 amide bonds. The second-order valence-electron chi connectivity index (χ2n) is 5.78. The Labute approximate surface area is 127 Å². The summed E-state index contributed by atoms with van der Waals surface area (Å²) in [5, 5.41) is 13.1. The standard InChI is InChI=1S/C12H33N9/c1-4-10(13,14)19-12(6-3,20-11(15,16)5-2)21-8-17-7-18-9-21/h17-20H,4-9,13-16H2,1-3H3. The van der Waals surface area contributed by atoms with Gasteiger partial charge in [0.1, 0.15) is 17.4 Å². The van der Waals surface area contributed by atoms with Gasteiger partial charge in [-0.1, -0.05) is 20.8 Å². The monoisotopic (exact) mass is 303 g/mol. The van der Waals surface area contributed by atoms with E-state index in [0.29, 0.717) is 32.6 Å². The van der Waals surface area contributed by atoms with Gasteiger partial charge in [-0.15, -0.1) is 0 Å². The van der Waals surface area contributed by atoms with Crippen molar-refractivity contribution in [3.8, 4) is 0 Å². The summed E-state index contributed by atoms with van der Waals surface area (Å²) in [6.45, 7) is 7.98. The van der Waals surface area contributed by atoms with Crippen molar-refractivity contribution in [2.45, 2.75) is 57.4 Å². The lowest BCUT2D eigenvalue weighted by Crippen LogP contribution is -2.84. The van der Waals surface area contributed by atoms with Crippen LogP contribution in [-0.2, 0) is 0 Å². The summed E-state index contributed by atoms with van der Waals surface area (Å²) in [6, 6.07) is 0. The summed E-state index contributed by atoms with van der Waals surface area (Å²) in [7, 11) is 0. The molecule has 9 nitrogen and oxygen atoms in total. The van der Waals surface area contributed by atoms with E-state index in [2.05, 4.69) is 26.2 Å². The van der Waals surface area contributed by atoms with E-state index in [1.807, 2.05) is 20.8 Å². The highest BCUT2D eigenvalue weighted by molar-refractivity contribution is 4.94. The molecule has 1 saturated heterocycles. The molecule has 1 fully saturated rings. The lowest BCUT2D eigenvalue weighted by Gasteiger charge is -2.52. The Morgan fingerprint density at radius 2 is 1.29 bits per heavy atom. The predicted octanol–water partition coefficient (Wildman–Crippen LogP) is -2.44. The molecule has 12 N–H and O–H groups in total.